The molecule has 0 spiro atoms. The topological polar surface area (TPSA) is 69.6 Å². The van der Waals surface area contributed by atoms with E-state index in [2.05, 4.69) is 28.2 Å². The molecule has 2 N–H and O–H groups in total. The zero-order valence-electron chi connectivity index (χ0n) is 11.8. The molecule has 2 atom stereocenters. The molecule has 7 heteroatoms. The Morgan fingerprint density at radius 2 is 2.14 bits per heavy atom. The molecule has 5 nitrogen and oxygen atoms in total. The number of benzene rings is 1. The molecule has 1 saturated heterocycles. The van der Waals surface area contributed by atoms with Gasteiger partial charge in [-0.1, -0.05) is 22.9 Å². The largest absolute Gasteiger partial charge is 0.478 e. The van der Waals surface area contributed by atoms with E-state index < -0.39 is 5.97 Å². The second-order valence-corrected chi connectivity index (χ2v) is 7.34. The number of urea groups is 1. The predicted octanol–water partition coefficient (Wildman–Crippen LogP) is 3.51. The van der Waals surface area contributed by atoms with Crippen molar-refractivity contribution in [3.05, 3.63) is 28.2 Å². The third kappa shape index (κ3) is 3.71. The van der Waals surface area contributed by atoms with E-state index in [1.54, 1.807) is 17.0 Å². The smallest absolute Gasteiger partial charge is 0.337 e. The van der Waals surface area contributed by atoms with Crippen molar-refractivity contribution in [2.75, 3.05) is 17.6 Å². The molecule has 0 aliphatic carbocycles. The first-order chi connectivity index (χ1) is 9.90. The maximum atomic E-state index is 12.4. The number of carbonyl (C=O) groups excluding carboxylic acids is 1. The van der Waals surface area contributed by atoms with Crippen LogP contribution in [0.15, 0.2) is 22.7 Å². The lowest BCUT2D eigenvalue weighted by Crippen LogP contribution is -2.49. The number of thioether (sulfide) groups is 1. The van der Waals surface area contributed by atoms with Crippen LogP contribution in [0.5, 0.6) is 0 Å². The summed E-state index contributed by atoms with van der Waals surface area (Å²) in [6, 6.07) is 4.65. The highest BCUT2D eigenvalue weighted by Gasteiger charge is 2.29. The minimum absolute atomic E-state index is 0.0739. The van der Waals surface area contributed by atoms with Crippen molar-refractivity contribution in [3.63, 3.8) is 0 Å². The van der Waals surface area contributed by atoms with Crippen molar-refractivity contribution in [3.8, 4) is 0 Å². The molecular formula is C14H17BrN2O3S. The lowest BCUT2D eigenvalue weighted by molar-refractivity contribution is 0.0698. The number of nitrogens with zero attached hydrogens (tertiary/aromatic N) is 1. The van der Waals surface area contributed by atoms with Crippen LogP contribution in [0.4, 0.5) is 10.5 Å². The van der Waals surface area contributed by atoms with Gasteiger partial charge in [0.25, 0.3) is 0 Å². The summed E-state index contributed by atoms with van der Waals surface area (Å²) < 4.78 is 0.661. The zero-order chi connectivity index (χ0) is 15.6. The number of hydrogen-bond acceptors (Lipinski definition) is 3. The second-order valence-electron chi connectivity index (χ2n) is 4.94. The van der Waals surface area contributed by atoms with Gasteiger partial charge < -0.3 is 15.3 Å². The maximum absolute atomic E-state index is 12.4. The predicted molar refractivity (Wildman–Crippen MR) is 88.2 cm³/mol. The van der Waals surface area contributed by atoms with Crippen LogP contribution in [0.1, 0.15) is 24.2 Å². The second kappa shape index (κ2) is 6.70. The van der Waals surface area contributed by atoms with E-state index in [9.17, 15) is 14.7 Å². The molecule has 2 rings (SSSR count). The number of hydrogen-bond donors (Lipinski definition) is 2. The number of carbonyl (C=O) groups is 2. The van der Waals surface area contributed by atoms with Crippen LogP contribution in [-0.2, 0) is 0 Å². The number of halogens is 1. The van der Waals surface area contributed by atoms with Crippen molar-refractivity contribution in [1.82, 2.24) is 4.90 Å². The van der Waals surface area contributed by atoms with Gasteiger partial charge in [0, 0.05) is 28.1 Å². The highest BCUT2D eigenvalue weighted by atomic mass is 79.9. The maximum Gasteiger partial charge on any atom is 0.337 e. The summed E-state index contributed by atoms with van der Waals surface area (Å²) in [5, 5.41) is 12.3. The first-order valence-corrected chi connectivity index (χ1v) is 8.46. The molecule has 1 aromatic rings. The Hall–Kier alpha value is -1.21. The SMILES string of the molecule is CC1SCCN(C(=O)Nc2ccc(Br)cc2C(=O)O)C1C. The lowest BCUT2D eigenvalue weighted by atomic mass is 10.1. The molecule has 1 aliphatic rings. The molecule has 1 heterocycles. The summed E-state index contributed by atoms with van der Waals surface area (Å²) in [7, 11) is 0. The van der Waals surface area contributed by atoms with E-state index in [4.69, 9.17) is 0 Å². The minimum Gasteiger partial charge on any atom is -0.478 e. The van der Waals surface area contributed by atoms with Gasteiger partial charge >= 0.3 is 12.0 Å². The van der Waals surface area contributed by atoms with Crippen LogP contribution < -0.4 is 5.32 Å². The fourth-order valence-corrected chi connectivity index (χ4v) is 3.67. The molecule has 2 amide bonds. The van der Waals surface area contributed by atoms with Gasteiger partial charge in [-0.2, -0.15) is 11.8 Å². The highest BCUT2D eigenvalue weighted by Crippen LogP contribution is 2.26. The van der Waals surface area contributed by atoms with Crippen molar-refractivity contribution >= 4 is 45.4 Å². The fraction of sp³-hybridized carbons (Fsp3) is 0.429. The van der Waals surface area contributed by atoms with Gasteiger partial charge in [0.2, 0.25) is 0 Å². The van der Waals surface area contributed by atoms with Crippen molar-refractivity contribution in [2.24, 2.45) is 0 Å². The number of amides is 2. The van der Waals surface area contributed by atoms with E-state index in [0.717, 1.165) is 5.75 Å². The summed E-state index contributed by atoms with van der Waals surface area (Å²) in [5.41, 5.74) is 0.388. The van der Waals surface area contributed by atoms with E-state index >= 15 is 0 Å². The van der Waals surface area contributed by atoms with Gasteiger partial charge in [0.15, 0.2) is 0 Å². The lowest BCUT2D eigenvalue weighted by Gasteiger charge is -2.37. The van der Waals surface area contributed by atoms with Gasteiger partial charge in [-0.25, -0.2) is 9.59 Å². The van der Waals surface area contributed by atoms with Crippen molar-refractivity contribution < 1.29 is 14.7 Å². The quantitative estimate of drug-likeness (QED) is 0.833. The first-order valence-electron chi connectivity index (χ1n) is 6.62. The molecule has 0 aromatic heterocycles. The third-order valence-electron chi connectivity index (χ3n) is 3.60. The Morgan fingerprint density at radius 1 is 1.43 bits per heavy atom. The summed E-state index contributed by atoms with van der Waals surface area (Å²) in [4.78, 5) is 25.4. The van der Waals surface area contributed by atoms with E-state index in [-0.39, 0.29) is 17.6 Å². The molecule has 0 radical (unpaired) electrons. The van der Waals surface area contributed by atoms with E-state index in [1.165, 1.54) is 6.07 Å². The van der Waals surface area contributed by atoms with Crippen LogP contribution >= 0.6 is 27.7 Å². The summed E-state index contributed by atoms with van der Waals surface area (Å²) in [5.74, 6) is -0.173. The van der Waals surface area contributed by atoms with Gasteiger partial charge in [-0.05, 0) is 25.1 Å². The Bertz CT molecular complexity index is 567. The summed E-state index contributed by atoms with van der Waals surface area (Å²) in [6.45, 7) is 4.77. The van der Waals surface area contributed by atoms with Crippen LogP contribution in [0.25, 0.3) is 0 Å². The van der Waals surface area contributed by atoms with Gasteiger partial charge in [-0.15, -0.1) is 0 Å². The molecule has 21 heavy (non-hydrogen) atoms. The molecule has 1 fully saturated rings. The van der Waals surface area contributed by atoms with Crippen LogP contribution in [0.3, 0.4) is 0 Å². The average molecular weight is 373 g/mol. The molecule has 1 aliphatic heterocycles. The monoisotopic (exact) mass is 372 g/mol. The first kappa shape index (κ1) is 16.2. The molecule has 114 valence electrons. The van der Waals surface area contributed by atoms with Gasteiger partial charge in [-0.3, -0.25) is 0 Å². The molecule has 0 bridgehead atoms. The number of carboxylic acids is 1. The summed E-state index contributed by atoms with van der Waals surface area (Å²) >= 11 is 5.08. The number of nitrogens with one attached hydrogen (secondary N) is 1. The van der Waals surface area contributed by atoms with E-state index in [0.29, 0.717) is 22.0 Å². The normalized spacial score (nSPS) is 22.0. The van der Waals surface area contributed by atoms with Crippen molar-refractivity contribution in [2.45, 2.75) is 25.1 Å². The minimum atomic E-state index is -1.07. The Kier molecular flexibility index (Phi) is 5.16. The molecule has 1 aromatic carbocycles. The zero-order valence-corrected chi connectivity index (χ0v) is 14.2. The number of anilines is 1. The highest BCUT2D eigenvalue weighted by molar-refractivity contribution is 9.10. The molecular weight excluding hydrogens is 356 g/mol. The van der Waals surface area contributed by atoms with Crippen LogP contribution in [-0.4, -0.2) is 45.6 Å². The number of carboxylic acid groups (broad SMARTS) is 1. The van der Waals surface area contributed by atoms with Crippen LogP contribution in [0.2, 0.25) is 0 Å². The van der Waals surface area contributed by atoms with Crippen molar-refractivity contribution in [1.29, 1.82) is 0 Å². The Labute approximate surface area is 136 Å². The Morgan fingerprint density at radius 3 is 2.81 bits per heavy atom. The molecule has 0 saturated carbocycles. The van der Waals surface area contributed by atoms with E-state index in [1.807, 2.05) is 18.7 Å². The standard InChI is InChI=1S/C14H17BrN2O3S/c1-8-9(2)21-6-5-17(8)14(20)16-12-4-3-10(15)7-11(12)13(18)19/h3-4,7-9H,5-6H2,1-2H3,(H,16,20)(H,18,19). The number of aromatic carboxylic acids is 1. The Balaban J connectivity index is 2.18. The average Bonchev–Trinajstić information content (AvgIpc) is 2.43. The third-order valence-corrected chi connectivity index (χ3v) is 5.43. The van der Waals surface area contributed by atoms with Crippen LogP contribution in [0, 0.1) is 0 Å². The van der Waals surface area contributed by atoms with Gasteiger partial charge in [0.1, 0.15) is 0 Å². The summed E-state index contributed by atoms with van der Waals surface area (Å²) in [6.07, 6.45) is 0. The van der Waals surface area contributed by atoms with Gasteiger partial charge in [0.05, 0.1) is 11.3 Å². The number of rotatable bonds is 2. The molecule has 2 unspecified atom stereocenters. The fourth-order valence-electron chi connectivity index (χ4n) is 2.21.